The van der Waals surface area contributed by atoms with E-state index in [-0.39, 0.29) is 17.9 Å². The molecule has 0 radical (unpaired) electrons. The van der Waals surface area contributed by atoms with Gasteiger partial charge in [0.25, 0.3) is 5.56 Å². The Morgan fingerprint density at radius 3 is 2.81 bits per heavy atom. The summed E-state index contributed by atoms with van der Waals surface area (Å²) in [4.78, 5) is 16.5. The van der Waals surface area contributed by atoms with Gasteiger partial charge >= 0.3 is 0 Å². The molecule has 0 atom stereocenters. The highest BCUT2D eigenvalue weighted by molar-refractivity contribution is 5.76. The van der Waals surface area contributed by atoms with Crippen LogP contribution in [-0.2, 0) is 6.42 Å². The van der Waals surface area contributed by atoms with Crippen LogP contribution in [-0.4, -0.2) is 26.4 Å². The zero-order valence-corrected chi connectivity index (χ0v) is 11.2. The molecular weight excluding hydrogens is 268 g/mol. The van der Waals surface area contributed by atoms with Gasteiger partial charge in [-0.05, 0) is 48.4 Å². The van der Waals surface area contributed by atoms with Gasteiger partial charge in [-0.3, -0.25) is 9.36 Å². The third-order valence-electron chi connectivity index (χ3n) is 3.36. The Morgan fingerprint density at radius 2 is 2.00 bits per heavy atom. The van der Waals surface area contributed by atoms with Crippen LogP contribution in [0.2, 0.25) is 0 Å². The molecule has 1 aromatic carbocycles. The standard InChI is InChI=1S/C16H14N2O3/c19-9-7-12-10-13(4-5-14(12)20)18-15(21)6-3-11-2-1-8-17-16(11)18/h1-6,8,10,19-20H,7,9H2. The lowest BCUT2D eigenvalue weighted by Gasteiger charge is -2.11. The summed E-state index contributed by atoms with van der Waals surface area (Å²) in [5, 5.41) is 19.7. The van der Waals surface area contributed by atoms with Crippen molar-refractivity contribution in [2.75, 3.05) is 6.61 Å². The fourth-order valence-electron chi connectivity index (χ4n) is 2.35. The first-order valence-electron chi connectivity index (χ1n) is 6.60. The van der Waals surface area contributed by atoms with Gasteiger partial charge in [0.2, 0.25) is 0 Å². The molecule has 5 nitrogen and oxygen atoms in total. The summed E-state index contributed by atoms with van der Waals surface area (Å²) in [7, 11) is 0. The zero-order valence-electron chi connectivity index (χ0n) is 11.2. The fraction of sp³-hybridized carbons (Fsp3) is 0.125. The van der Waals surface area contributed by atoms with Crippen molar-refractivity contribution in [3.05, 3.63) is 64.6 Å². The maximum absolute atomic E-state index is 12.2. The van der Waals surface area contributed by atoms with E-state index in [9.17, 15) is 9.90 Å². The molecule has 3 aromatic rings. The SMILES string of the molecule is O=c1ccc2cccnc2n1-c1ccc(O)c(CCO)c1. The Balaban J connectivity index is 2.27. The van der Waals surface area contributed by atoms with E-state index in [4.69, 9.17) is 5.11 Å². The number of rotatable bonds is 3. The minimum atomic E-state index is -0.193. The molecule has 5 heteroatoms. The second-order valence-electron chi connectivity index (χ2n) is 4.71. The number of aliphatic hydroxyl groups is 1. The van der Waals surface area contributed by atoms with E-state index in [2.05, 4.69) is 4.98 Å². The average molecular weight is 282 g/mol. The Hall–Kier alpha value is -2.66. The minimum Gasteiger partial charge on any atom is -0.508 e. The lowest BCUT2D eigenvalue weighted by Crippen LogP contribution is -2.18. The van der Waals surface area contributed by atoms with Crippen LogP contribution < -0.4 is 5.56 Å². The van der Waals surface area contributed by atoms with Gasteiger partial charge in [-0.25, -0.2) is 4.98 Å². The van der Waals surface area contributed by atoms with Crippen LogP contribution in [0.5, 0.6) is 5.75 Å². The molecule has 2 heterocycles. The lowest BCUT2D eigenvalue weighted by atomic mass is 10.1. The quantitative estimate of drug-likeness (QED) is 0.765. The molecule has 0 aliphatic rings. The van der Waals surface area contributed by atoms with E-state index in [1.165, 1.54) is 16.7 Å². The number of phenols is 1. The minimum absolute atomic E-state index is 0.0697. The summed E-state index contributed by atoms with van der Waals surface area (Å²) < 4.78 is 1.50. The number of aliphatic hydroxyl groups excluding tert-OH is 1. The van der Waals surface area contributed by atoms with Crippen molar-refractivity contribution in [2.45, 2.75) is 6.42 Å². The largest absolute Gasteiger partial charge is 0.508 e. The van der Waals surface area contributed by atoms with E-state index >= 15 is 0 Å². The molecule has 0 aliphatic carbocycles. The third kappa shape index (κ3) is 2.39. The molecule has 0 saturated heterocycles. The predicted molar refractivity (Wildman–Crippen MR) is 79.8 cm³/mol. The van der Waals surface area contributed by atoms with E-state index in [1.807, 2.05) is 12.1 Å². The molecule has 21 heavy (non-hydrogen) atoms. The maximum Gasteiger partial charge on any atom is 0.256 e. The van der Waals surface area contributed by atoms with Crippen LogP contribution >= 0.6 is 0 Å². The van der Waals surface area contributed by atoms with Crippen LogP contribution in [0.25, 0.3) is 16.7 Å². The average Bonchev–Trinajstić information content (AvgIpc) is 2.50. The summed E-state index contributed by atoms with van der Waals surface area (Å²) in [6.45, 7) is -0.0697. The van der Waals surface area contributed by atoms with Crippen molar-refractivity contribution in [3.63, 3.8) is 0 Å². The number of nitrogens with zero attached hydrogens (tertiary/aromatic N) is 2. The maximum atomic E-state index is 12.2. The molecule has 3 rings (SSSR count). The zero-order chi connectivity index (χ0) is 14.8. The fourth-order valence-corrected chi connectivity index (χ4v) is 2.35. The summed E-state index contributed by atoms with van der Waals surface area (Å²) in [6.07, 6.45) is 1.96. The van der Waals surface area contributed by atoms with Crippen molar-refractivity contribution in [1.82, 2.24) is 9.55 Å². The van der Waals surface area contributed by atoms with Gasteiger partial charge in [0.15, 0.2) is 0 Å². The Morgan fingerprint density at radius 1 is 1.14 bits per heavy atom. The van der Waals surface area contributed by atoms with Gasteiger partial charge in [-0.15, -0.1) is 0 Å². The lowest BCUT2D eigenvalue weighted by molar-refractivity contribution is 0.297. The van der Waals surface area contributed by atoms with Gasteiger partial charge in [0.05, 0.1) is 5.69 Å². The van der Waals surface area contributed by atoms with Crippen LogP contribution in [0, 0.1) is 0 Å². The normalized spacial score (nSPS) is 10.9. The number of aromatic hydroxyl groups is 1. The van der Waals surface area contributed by atoms with E-state index < -0.39 is 0 Å². The molecule has 0 bridgehead atoms. The van der Waals surface area contributed by atoms with Crippen LogP contribution in [0.15, 0.2) is 53.5 Å². The molecular formula is C16H14N2O3. The molecule has 2 N–H and O–H groups in total. The van der Waals surface area contributed by atoms with Crippen LogP contribution in [0.4, 0.5) is 0 Å². The molecule has 0 spiro atoms. The predicted octanol–water partition coefficient (Wildman–Crippen LogP) is 1.63. The molecule has 106 valence electrons. The Kier molecular flexibility index (Phi) is 3.41. The number of benzene rings is 1. The van der Waals surface area contributed by atoms with Crippen molar-refractivity contribution in [2.24, 2.45) is 0 Å². The molecule has 0 unspecified atom stereocenters. The summed E-state index contributed by atoms with van der Waals surface area (Å²) in [5.74, 6) is 0.106. The van der Waals surface area contributed by atoms with Gasteiger partial charge in [0, 0.05) is 24.3 Å². The Labute approximate surface area is 120 Å². The van der Waals surface area contributed by atoms with Crippen molar-refractivity contribution >= 4 is 11.0 Å². The number of fused-ring (bicyclic) bond motifs is 1. The summed E-state index contributed by atoms with van der Waals surface area (Å²) in [6, 6.07) is 11.8. The number of hydrogen-bond acceptors (Lipinski definition) is 4. The van der Waals surface area contributed by atoms with Gasteiger partial charge in [0.1, 0.15) is 11.4 Å². The first-order valence-corrected chi connectivity index (χ1v) is 6.60. The number of hydrogen-bond donors (Lipinski definition) is 2. The third-order valence-corrected chi connectivity index (χ3v) is 3.36. The van der Waals surface area contributed by atoms with Crippen molar-refractivity contribution in [3.8, 4) is 11.4 Å². The van der Waals surface area contributed by atoms with Crippen LogP contribution in [0.1, 0.15) is 5.56 Å². The summed E-state index contributed by atoms with van der Waals surface area (Å²) >= 11 is 0. The number of aromatic nitrogens is 2. The summed E-state index contributed by atoms with van der Waals surface area (Å²) in [5.41, 5.74) is 1.58. The molecule has 0 amide bonds. The first kappa shape index (κ1) is 13.3. The van der Waals surface area contributed by atoms with E-state index in [0.717, 1.165) is 5.39 Å². The van der Waals surface area contributed by atoms with Gasteiger partial charge < -0.3 is 10.2 Å². The molecule has 0 aliphatic heterocycles. The molecule has 0 fully saturated rings. The Bertz CT molecular complexity index is 856. The topological polar surface area (TPSA) is 75.4 Å². The monoisotopic (exact) mass is 282 g/mol. The molecule has 2 aromatic heterocycles. The second-order valence-corrected chi connectivity index (χ2v) is 4.71. The smallest absolute Gasteiger partial charge is 0.256 e. The molecule has 0 saturated carbocycles. The van der Waals surface area contributed by atoms with Crippen molar-refractivity contribution in [1.29, 1.82) is 0 Å². The van der Waals surface area contributed by atoms with Crippen LogP contribution in [0.3, 0.4) is 0 Å². The first-order chi connectivity index (χ1) is 10.2. The van der Waals surface area contributed by atoms with Gasteiger partial charge in [-0.1, -0.05) is 0 Å². The highest BCUT2D eigenvalue weighted by Crippen LogP contribution is 2.22. The van der Waals surface area contributed by atoms with E-state index in [0.29, 0.717) is 23.3 Å². The highest BCUT2D eigenvalue weighted by Gasteiger charge is 2.09. The number of phenolic OH excluding ortho intramolecular Hbond substituents is 1. The van der Waals surface area contributed by atoms with Gasteiger partial charge in [-0.2, -0.15) is 0 Å². The van der Waals surface area contributed by atoms with Crippen molar-refractivity contribution < 1.29 is 10.2 Å². The highest BCUT2D eigenvalue weighted by atomic mass is 16.3. The second kappa shape index (κ2) is 5.38. The van der Waals surface area contributed by atoms with E-state index in [1.54, 1.807) is 24.4 Å². The number of pyridine rings is 2.